The number of rotatable bonds is 4. The zero-order valence-electron chi connectivity index (χ0n) is 11.9. The van der Waals surface area contributed by atoms with Gasteiger partial charge >= 0.3 is 0 Å². The Morgan fingerprint density at radius 1 is 1.00 bits per heavy atom. The Bertz CT molecular complexity index is 610. The molecule has 2 rings (SSSR count). The van der Waals surface area contributed by atoms with E-state index in [-0.39, 0.29) is 11.2 Å². The third-order valence-corrected chi connectivity index (χ3v) is 3.75. The number of hydrogen-bond donors (Lipinski definition) is 2. The van der Waals surface area contributed by atoms with Gasteiger partial charge in [-0.25, -0.2) is 0 Å². The molecule has 0 atom stereocenters. The zero-order valence-corrected chi connectivity index (χ0v) is 11.9. The molecule has 0 amide bonds. The molecule has 0 bridgehead atoms. The van der Waals surface area contributed by atoms with Crippen LogP contribution >= 0.6 is 0 Å². The molecule has 0 aliphatic rings. The predicted octanol–water partition coefficient (Wildman–Crippen LogP) is 4.15. The standard InChI is InChI=1S/C18H20O2/c1-4-5-13-12-15(8-11-17(13)20)18(2,3)14-6-9-16(19)10-7-14/h4,6-12,19-20H,1,5H2,2-3H3. The number of benzene rings is 2. The minimum absolute atomic E-state index is 0.197. The van der Waals surface area contributed by atoms with Crippen LogP contribution in [0.1, 0.15) is 30.5 Å². The number of aromatic hydroxyl groups is 2. The van der Waals surface area contributed by atoms with E-state index >= 15 is 0 Å². The van der Waals surface area contributed by atoms with E-state index in [1.54, 1.807) is 24.3 Å². The maximum atomic E-state index is 9.86. The second kappa shape index (κ2) is 5.41. The quantitative estimate of drug-likeness (QED) is 0.818. The molecular formula is C18H20O2. The predicted molar refractivity (Wildman–Crippen MR) is 82.2 cm³/mol. The summed E-state index contributed by atoms with van der Waals surface area (Å²) in [6.45, 7) is 7.97. The van der Waals surface area contributed by atoms with Gasteiger partial charge < -0.3 is 10.2 Å². The summed E-state index contributed by atoms with van der Waals surface area (Å²) in [5.74, 6) is 0.567. The topological polar surface area (TPSA) is 40.5 Å². The smallest absolute Gasteiger partial charge is 0.119 e. The summed E-state index contributed by atoms with van der Waals surface area (Å²) in [5.41, 5.74) is 2.92. The summed E-state index contributed by atoms with van der Waals surface area (Å²) in [4.78, 5) is 0. The Morgan fingerprint density at radius 2 is 1.60 bits per heavy atom. The second-order valence-corrected chi connectivity index (χ2v) is 5.51. The molecule has 0 radical (unpaired) electrons. The van der Waals surface area contributed by atoms with Crippen LogP contribution in [0.4, 0.5) is 0 Å². The molecular weight excluding hydrogens is 248 g/mol. The highest BCUT2D eigenvalue weighted by Gasteiger charge is 2.23. The first-order valence-corrected chi connectivity index (χ1v) is 6.68. The summed E-state index contributed by atoms with van der Waals surface area (Å²) >= 11 is 0. The summed E-state index contributed by atoms with van der Waals surface area (Å²) < 4.78 is 0. The normalized spacial score (nSPS) is 11.3. The maximum Gasteiger partial charge on any atom is 0.119 e. The molecule has 2 heteroatoms. The highest BCUT2D eigenvalue weighted by atomic mass is 16.3. The minimum Gasteiger partial charge on any atom is -0.508 e. The average molecular weight is 268 g/mol. The van der Waals surface area contributed by atoms with E-state index in [0.717, 1.165) is 16.7 Å². The Morgan fingerprint density at radius 3 is 2.20 bits per heavy atom. The minimum atomic E-state index is -0.197. The SMILES string of the molecule is C=CCc1cc(C(C)(C)c2ccc(O)cc2)ccc1O. The Hall–Kier alpha value is -2.22. The van der Waals surface area contributed by atoms with Gasteiger partial charge in [0, 0.05) is 5.41 Å². The summed E-state index contributed by atoms with van der Waals surface area (Å²) in [6.07, 6.45) is 2.43. The van der Waals surface area contributed by atoms with E-state index in [4.69, 9.17) is 0 Å². The second-order valence-electron chi connectivity index (χ2n) is 5.51. The fraction of sp³-hybridized carbons (Fsp3) is 0.222. The van der Waals surface area contributed by atoms with Gasteiger partial charge in [-0.2, -0.15) is 0 Å². The fourth-order valence-corrected chi connectivity index (χ4v) is 2.34. The fourth-order valence-electron chi connectivity index (χ4n) is 2.34. The number of phenolic OH excluding ortho intramolecular Hbond substituents is 2. The Balaban J connectivity index is 2.45. The molecule has 2 N–H and O–H groups in total. The van der Waals surface area contributed by atoms with Crippen molar-refractivity contribution >= 4 is 0 Å². The summed E-state index contributed by atoms with van der Waals surface area (Å²) in [6, 6.07) is 12.9. The van der Waals surface area contributed by atoms with Crippen LogP contribution in [0.2, 0.25) is 0 Å². The van der Waals surface area contributed by atoms with Gasteiger partial charge in [0.05, 0.1) is 0 Å². The Labute approximate surface area is 120 Å². The lowest BCUT2D eigenvalue weighted by Gasteiger charge is -2.27. The molecule has 0 saturated carbocycles. The van der Waals surface area contributed by atoms with Crippen LogP contribution in [-0.4, -0.2) is 10.2 Å². The van der Waals surface area contributed by atoms with Crippen molar-refractivity contribution in [1.29, 1.82) is 0 Å². The summed E-state index contributed by atoms with van der Waals surface area (Å²) in [7, 11) is 0. The lowest BCUT2D eigenvalue weighted by Crippen LogP contribution is -2.19. The molecule has 20 heavy (non-hydrogen) atoms. The first-order chi connectivity index (χ1) is 9.45. The van der Waals surface area contributed by atoms with Crippen molar-refractivity contribution in [3.63, 3.8) is 0 Å². The van der Waals surface area contributed by atoms with Crippen molar-refractivity contribution in [3.8, 4) is 11.5 Å². The van der Waals surface area contributed by atoms with E-state index in [0.29, 0.717) is 12.2 Å². The summed E-state index contributed by atoms with van der Waals surface area (Å²) in [5, 5.41) is 19.3. The van der Waals surface area contributed by atoms with Gasteiger partial charge in [0.25, 0.3) is 0 Å². The number of hydrogen-bond acceptors (Lipinski definition) is 2. The van der Waals surface area contributed by atoms with Crippen molar-refractivity contribution in [2.75, 3.05) is 0 Å². The molecule has 2 aromatic rings. The van der Waals surface area contributed by atoms with Crippen LogP contribution < -0.4 is 0 Å². The van der Waals surface area contributed by atoms with Crippen molar-refractivity contribution in [1.82, 2.24) is 0 Å². The molecule has 0 fully saturated rings. The van der Waals surface area contributed by atoms with Crippen molar-refractivity contribution < 1.29 is 10.2 Å². The van der Waals surface area contributed by atoms with Gasteiger partial charge in [-0.3, -0.25) is 0 Å². The van der Waals surface area contributed by atoms with Crippen LogP contribution in [0.25, 0.3) is 0 Å². The lowest BCUT2D eigenvalue weighted by atomic mass is 9.77. The molecule has 0 saturated heterocycles. The third-order valence-electron chi connectivity index (χ3n) is 3.75. The molecule has 0 heterocycles. The maximum absolute atomic E-state index is 9.86. The van der Waals surface area contributed by atoms with Gasteiger partial charge in [-0.15, -0.1) is 6.58 Å². The van der Waals surface area contributed by atoms with Crippen molar-refractivity contribution in [2.24, 2.45) is 0 Å². The van der Waals surface area contributed by atoms with Crippen LogP contribution in [0, 0.1) is 0 Å². The monoisotopic (exact) mass is 268 g/mol. The zero-order chi connectivity index (χ0) is 14.8. The van der Waals surface area contributed by atoms with E-state index in [1.807, 2.05) is 24.3 Å². The van der Waals surface area contributed by atoms with Gasteiger partial charge in [0.1, 0.15) is 11.5 Å². The van der Waals surface area contributed by atoms with E-state index in [1.165, 1.54) is 0 Å². The Kier molecular flexibility index (Phi) is 3.84. The average Bonchev–Trinajstić information content (AvgIpc) is 2.42. The van der Waals surface area contributed by atoms with E-state index in [9.17, 15) is 10.2 Å². The lowest BCUT2D eigenvalue weighted by molar-refractivity contribution is 0.468. The van der Waals surface area contributed by atoms with Gasteiger partial charge in [-0.05, 0) is 41.3 Å². The molecule has 0 aliphatic carbocycles. The van der Waals surface area contributed by atoms with Crippen LogP contribution in [0.5, 0.6) is 11.5 Å². The first kappa shape index (κ1) is 14.2. The van der Waals surface area contributed by atoms with Crippen molar-refractivity contribution in [3.05, 3.63) is 71.8 Å². The van der Waals surface area contributed by atoms with Crippen LogP contribution in [-0.2, 0) is 11.8 Å². The van der Waals surface area contributed by atoms with Gasteiger partial charge in [0.2, 0.25) is 0 Å². The van der Waals surface area contributed by atoms with Crippen LogP contribution in [0.3, 0.4) is 0 Å². The number of allylic oxidation sites excluding steroid dienone is 1. The first-order valence-electron chi connectivity index (χ1n) is 6.68. The van der Waals surface area contributed by atoms with Crippen LogP contribution in [0.15, 0.2) is 55.1 Å². The van der Waals surface area contributed by atoms with Gasteiger partial charge in [-0.1, -0.05) is 44.2 Å². The molecule has 0 spiro atoms. The van der Waals surface area contributed by atoms with Gasteiger partial charge in [0.15, 0.2) is 0 Å². The van der Waals surface area contributed by atoms with Crippen molar-refractivity contribution in [2.45, 2.75) is 25.7 Å². The molecule has 2 aromatic carbocycles. The number of phenols is 2. The van der Waals surface area contributed by atoms with E-state index in [2.05, 4.69) is 20.4 Å². The third kappa shape index (κ3) is 2.69. The highest BCUT2D eigenvalue weighted by molar-refractivity contribution is 5.45. The molecule has 0 aliphatic heterocycles. The van der Waals surface area contributed by atoms with E-state index < -0.39 is 0 Å². The highest BCUT2D eigenvalue weighted by Crippen LogP contribution is 2.34. The molecule has 0 unspecified atom stereocenters. The molecule has 104 valence electrons. The molecule has 0 aromatic heterocycles. The largest absolute Gasteiger partial charge is 0.508 e. The molecule has 2 nitrogen and oxygen atoms in total.